The first-order valence-electron chi connectivity index (χ1n) is 17.7. The molecule has 0 aliphatic rings. The van der Waals surface area contributed by atoms with E-state index in [-0.39, 0.29) is 47.6 Å². The van der Waals surface area contributed by atoms with Crippen molar-refractivity contribution in [2.45, 2.75) is 184 Å². The summed E-state index contributed by atoms with van der Waals surface area (Å²) < 4.78 is 0. The van der Waals surface area contributed by atoms with Crippen LogP contribution in [0.4, 0.5) is 0 Å². The van der Waals surface area contributed by atoms with Crippen LogP contribution in [0.3, 0.4) is 0 Å². The zero-order valence-corrected chi connectivity index (χ0v) is 33.1. The zero-order valence-electron chi connectivity index (χ0n) is 30.2. The van der Waals surface area contributed by atoms with Gasteiger partial charge in [-0.3, -0.25) is 0 Å². The van der Waals surface area contributed by atoms with Gasteiger partial charge in [-0.1, -0.05) is 132 Å². The SMILES string of the molecule is CCCCC(CCC)C(=O)[O-].CCCCC(CCC)C(=O)[O-].CCCCC(CCC)C(=O)[O-].CCCCC(CCC)C(=O)[O-].[Sn+4]. The van der Waals surface area contributed by atoms with Gasteiger partial charge in [-0.25, -0.2) is 0 Å². The van der Waals surface area contributed by atoms with Gasteiger partial charge in [0.2, 0.25) is 0 Å². The minimum Gasteiger partial charge on any atom is -0.550 e. The van der Waals surface area contributed by atoms with Gasteiger partial charge in [0, 0.05) is 23.9 Å². The molecular formula is C36H68O8Sn. The molecule has 0 amide bonds. The van der Waals surface area contributed by atoms with Crippen molar-refractivity contribution < 1.29 is 39.6 Å². The smallest absolute Gasteiger partial charge is 0.550 e. The summed E-state index contributed by atoms with van der Waals surface area (Å²) in [6, 6.07) is 0. The first kappa shape index (κ1) is 53.2. The number of rotatable bonds is 24. The second kappa shape index (κ2) is 40.7. The molecule has 0 bridgehead atoms. The molecule has 45 heavy (non-hydrogen) atoms. The fourth-order valence-corrected chi connectivity index (χ4v) is 4.72. The summed E-state index contributed by atoms with van der Waals surface area (Å²) in [6.07, 6.45) is 18.2. The second-order valence-electron chi connectivity index (χ2n) is 11.8. The third-order valence-electron chi connectivity index (χ3n) is 7.51. The standard InChI is InChI=1S/4C9H18O2.Sn/c4*1-3-5-7-8(6-4-2)9(10)11;/h4*8H,3-7H2,1-2H3,(H,10,11);/q;;;;+4/p-4. The molecule has 0 saturated heterocycles. The molecule has 0 saturated carbocycles. The summed E-state index contributed by atoms with van der Waals surface area (Å²) >= 11 is 0. The van der Waals surface area contributed by atoms with E-state index in [9.17, 15) is 39.6 Å². The van der Waals surface area contributed by atoms with Crippen LogP contribution in [0.2, 0.25) is 0 Å². The summed E-state index contributed by atoms with van der Waals surface area (Å²) in [7, 11) is 0. The Morgan fingerprint density at radius 2 is 0.489 bits per heavy atom. The van der Waals surface area contributed by atoms with E-state index in [0.717, 1.165) is 128 Å². The molecular weight excluding hydrogens is 679 g/mol. The van der Waals surface area contributed by atoms with Crippen molar-refractivity contribution in [1.29, 1.82) is 0 Å². The predicted molar refractivity (Wildman–Crippen MR) is 177 cm³/mol. The topological polar surface area (TPSA) is 161 Å². The minimum atomic E-state index is -0.875. The Bertz CT molecular complexity index is 559. The van der Waals surface area contributed by atoms with Crippen molar-refractivity contribution in [3.63, 3.8) is 0 Å². The largest absolute Gasteiger partial charge is 4.00 e. The molecule has 0 aliphatic carbocycles. The van der Waals surface area contributed by atoms with E-state index >= 15 is 0 Å². The maximum atomic E-state index is 10.5. The number of hydrogen-bond donors (Lipinski definition) is 0. The van der Waals surface area contributed by atoms with Crippen molar-refractivity contribution in [3.05, 3.63) is 0 Å². The summed E-state index contributed by atoms with van der Waals surface area (Å²) in [5, 5.41) is 41.9. The van der Waals surface area contributed by atoms with E-state index in [1.54, 1.807) is 0 Å². The number of carbonyl (C=O) groups excluding carboxylic acids is 4. The first-order valence-corrected chi connectivity index (χ1v) is 17.7. The van der Waals surface area contributed by atoms with Crippen molar-refractivity contribution in [2.24, 2.45) is 23.7 Å². The molecule has 0 aromatic heterocycles. The Labute approximate surface area is 293 Å². The van der Waals surface area contributed by atoms with E-state index in [2.05, 4.69) is 27.7 Å². The number of carbonyl (C=O) groups is 4. The third kappa shape index (κ3) is 38.8. The summed E-state index contributed by atoms with van der Waals surface area (Å²) in [6.45, 7) is 16.3. The summed E-state index contributed by atoms with van der Waals surface area (Å²) in [5.74, 6) is -4.33. The van der Waals surface area contributed by atoms with E-state index in [1.807, 2.05) is 27.7 Å². The van der Waals surface area contributed by atoms with Crippen molar-refractivity contribution in [1.82, 2.24) is 0 Å². The third-order valence-corrected chi connectivity index (χ3v) is 7.51. The Morgan fingerprint density at radius 3 is 0.578 bits per heavy atom. The van der Waals surface area contributed by atoms with Gasteiger partial charge in [-0.15, -0.1) is 0 Å². The quantitative estimate of drug-likeness (QED) is 0.125. The molecule has 0 fully saturated rings. The van der Waals surface area contributed by atoms with Crippen molar-refractivity contribution in [3.8, 4) is 0 Å². The van der Waals surface area contributed by atoms with Crippen LogP contribution >= 0.6 is 0 Å². The fourth-order valence-electron chi connectivity index (χ4n) is 4.72. The van der Waals surface area contributed by atoms with Gasteiger partial charge >= 0.3 is 23.9 Å². The number of carboxylic acids is 4. The van der Waals surface area contributed by atoms with E-state index in [4.69, 9.17) is 0 Å². The predicted octanol–water partition coefficient (Wildman–Crippen LogP) is 4.99. The summed E-state index contributed by atoms with van der Waals surface area (Å²) in [4.78, 5) is 41.9. The minimum absolute atomic E-state index is 0. The zero-order chi connectivity index (χ0) is 34.8. The van der Waals surface area contributed by atoms with E-state index in [1.165, 1.54) is 0 Å². The maximum absolute atomic E-state index is 10.5. The molecule has 0 aliphatic heterocycles. The van der Waals surface area contributed by atoms with Crippen LogP contribution in [0.1, 0.15) is 184 Å². The molecule has 0 rings (SSSR count). The Hall–Kier alpha value is -1.32. The molecule has 0 heterocycles. The molecule has 0 aromatic carbocycles. The molecule has 4 atom stereocenters. The van der Waals surface area contributed by atoms with Crippen molar-refractivity contribution >= 4 is 47.8 Å². The molecule has 0 N–H and O–H groups in total. The number of unbranched alkanes of at least 4 members (excludes halogenated alkanes) is 4. The maximum Gasteiger partial charge on any atom is 4.00 e. The Kier molecular flexibility index (Phi) is 48.1. The molecule has 9 heteroatoms. The molecule has 0 spiro atoms. The van der Waals surface area contributed by atoms with Gasteiger partial charge in [0.15, 0.2) is 0 Å². The van der Waals surface area contributed by atoms with Crippen molar-refractivity contribution in [2.75, 3.05) is 0 Å². The number of hydrogen-bond acceptors (Lipinski definition) is 8. The van der Waals surface area contributed by atoms with Gasteiger partial charge in [0.25, 0.3) is 0 Å². The molecule has 0 radical (unpaired) electrons. The Balaban J connectivity index is -0.000000157. The Morgan fingerprint density at radius 1 is 0.333 bits per heavy atom. The molecule has 4 unspecified atom stereocenters. The van der Waals surface area contributed by atoms with Crippen LogP contribution in [-0.4, -0.2) is 47.8 Å². The molecule has 264 valence electrons. The fraction of sp³-hybridized carbons (Fsp3) is 0.889. The normalized spacial score (nSPS) is 12.6. The van der Waals surface area contributed by atoms with E-state index in [0.29, 0.717) is 0 Å². The van der Waals surface area contributed by atoms with Crippen LogP contribution in [0, 0.1) is 23.7 Å². The first-order chi connectivity index (χ1) is 20.9. The van der Waals surface area contributed by atoms with Crippen LogP contribution < -0.4 is 20.4 Å². The molecule has 8 nitrogen and oxygen atoms in total. The van der Waals surface area contributed by atoms with Gasteiger partial charge in [-0.2, -0.15) is 0 Å². The van der Waals surface area contributed by atoms with Gasteiger partial charge in [0.05, 0.1) is 0 Å². The van der Waals surface area contributed by atoms with Crippen LogP contribution in [-0.2, 0) is 19.2 Å². The van der Waals surface area contributed by atoms with E-state index < -0.39 is 23.9 Å². The average Bonchev–Trinajstić information content (AvgIpc) is 2.98. The number of aliphatic carboxylic acids is 4. The van der Waals surface area contributed by atoms with Crippen LogP contribution in [0.25, 0.3) is 0 Å². The van der Waals surface area contributed by atoms with Crippen LogP contribution in [0.5, 0.6) is 0 Å². The average molecular weight is 748 g/mol. The van der Waals surface area contributed by atoms with Gasteiger partial charge in [-0.05, 0) is 75.0 Å². The molecule has 0 aromatic rings. The van der Waals surface area contributed by atoms with Gasteiger partial charge in [0.1, 0.15) is 0 Å². The monoisotopic (exact) mass is 748 g/mol. The summed E-state index contributed by atoms with van der Waals surface area (Å²) in [5.41, 5.74) is 0. The van der Waals surface area contributed by atoms with Gasteiger partial charge < -0.3 is 39.6 Å². The second-order valence-corrected chi connectivity index (χ2v) is 11.8. The van der Waals surface area contributed by atoms with Crippen LogP contribution in [0.15, 0.2) is 0 Å². The number of carboxylic acid groups (broad SMARTS) is 4.